The van der Waals surface area contributed by atoms with Crippen molar-refractivity contribution in [2.24, 2.45) is 5.92 Å². The molecule has 2 N–H and O–H groups in total. The second-order valence-corrected chi connectivity index (χ2v) is 5.13. The van der Waals surface area contributed by atoms with Crippen molar-refractivity contribution in [1.82, 2.24) is 10.3 Å². The van der Waals surface area contributed by atoms with Gasteiger partial charge in [-0.05, 0) is 30.7 Å². The number of nitrogens with one attached hydrogen (secondary N) is 1. The number of benzene rings is 1. The molecular formula is C17H19FN2O3. The van der Waals surface area contributed by atoms with Crippen molar-refractivity contribution in [2.75, 3.05) is 20.3 Å². The van der Waals surface area contributed by atoms with Crippen molar-refractivity contribution in [3.05, 3.63) is 59.7 Å². The zero-order valence-electron chi connectivity index (χ0n) is 12.8. The second-order valence-electron chi connectivity index (χ2n) is 5.13. The lowest BCUT2D eigenvalue weighted by Crippen LogP contribution is -2.32. The largest absolute Gasteiger partial charge is 0.497 e. The number of rotatable bonds is 7. The van der Waals surface area contributed by atoms with Crippen LogP contribution in [0, 0.1) is 11.7 Å². The molecule has 6 heteroatoms. The summed E-state index contributed by atoms with van der Waals surface area (Å²) in [5.74, 6) is -1.01. The fourth-order valence-electron chi connectivity index (χ4n) is 2.16. The quantitative estimate of drug-likeness (QED) is 0.817. The van der Waals surface area contributed by atoms with Crippen LogP contribution >= 0.6 is 0 Å². The third-order valence-corrected chi connectivity index (χ3v) is 3.45. The van der Waals surface area contributed by atoms with E-state index in [4.69, 9.17) is 4.74 Å². The molecule has 1 aromatic carbocycles. The van der Waals surface area contributed by atoms with E-state index in [1.165, 1.54) is 19.2 Å². The summed E-state index contributed by atoms with van der Waals surface area (Å²) in [4.78, 5) is 16.2. The Labute approximate surface area is 134 Å². The number of aliphatic hydroxyl groups is 1. The normalized spacial score (nSPS) is 11.8. The smallest absolute Gasteiger partial charge is 0.254 e. The van der Waals surface area contributed by atoms with Crippen LogP contribution in [-0.2, 0) is 6.42 Å². The summed E-state index contributed by atoms with van der Waals surface area (Å²) in [5.41, 5.74) is 0.775. The summed E-state index contributed by atoms with van der Waals surface area (Å²) in [7, 11) is 1.43. The molecule has 0 saturated carbocycles. The topological polar surface area (TPSA) is 71.5 Å². The van der Waals surface area contributed by atoms with Crippen molar-refractivity contribution in [1.29, 1.82) is 0 Å². The first-order valence-corrected chi connectivity index (χ1v) is 7.26. The maximum atomic E-state index is 13.8. The molecule has 0 aliphatic rings. The van der Waals surface area contributed by atoms with E-state index in [1.54, 1.807) is 6.20 Å². The number of pyridine rings is 1. The van der Waals surface area contributed by atoms with Crippen molar-refractivity contribution in [2.45, 2.75) is 6.42 Å². The number of aliphatic hydroxyl groups excluding tert-OH is 1. The van der Waals surface area contributed by atoms with E-state index < -0.39 is 11.7 Å². The molecule has 23 heavy (non-hydrogen) atoms. The molecule has 2 aromatic rings. The van der Waals surface area contributed by atoms with Gasteiger partial charge in [-0.1, -0.05) is 6.07 Å². The Bertz CT molecular complexity index is 650. The van der Waals surface area contributed by atoms with Crippen molar-refractivity contribution < 1.29 is 19.0 Å². The van der Waals surface area contributed by atoms with Crippen molar-refractivity contribution >= 4 is 5.91 Å². The van der Waals surface area contributed by atoms with E-state index in [2.05, 4.69) is 10.3 Å². The molecular weight excluding hydrogens is 299 g/mol. The lowest BCUT2D eigenvalue weighted by molar-refractivity contribution is 0.0935. The Morgan fingerprint density at radius 3 is 2.83 bits per heavy atom. The van der Waals surface area contributed by atoms with Gasteiger partial charge in [0.2, 0.25) is 0 Å². The van der Waals surface area contributed by atoms with E-state index in [9.17, 15) is 14.3 Å². The number of ether oxygens (including phenoxy) is 1. The molecule has 0 radical (unpaired) electrons. The summed E-state index contributed by atoms with van der Waals surface area (Å²) >= 11 is 0. The average Bonchev–Trinajstić information content (AvgIpc) is 2.59. The van der Waals surface area contributed by atoms with Gasteiger partial charge < -0.3 is 15.2 Å². The summed E-state index contributed by atoms with van der Waals surface area (Å²) in [6, 6.07) is 9.58. The van der Waals surface area contributed by atoms with Gasteiger partial charge in [-0.15, -0.1) is 0 Å². The minimum Gasteiger partial charge on any atom is -0.497 e. The number of halogens is 1. The average molecular weight is 318 g/mol. The van der Waals surface area contributed by atoms with E-state index in [0.29, 0.717) is 12.2 Å². The third-order valence-electron chi connectivity index (χ3n) is 3.45. The predicted molar refractivity (Wildman–Crippen MR) is 83.8 cm³/mol. The van der Waals surface area contributed by atoms with Crippen LogP contribution in [0.25, 0.3) is 0 Å². The van der Waals surface area contributed by atoms with Gasteiger partial charge in [-0.25, -0.2) is 4.39 Å². The number of hydrogen-bond acceptors (Lipinski definition) is 4. The summed E-state index contributed by atoms with van der Waals surface area (Å²) < 4.78 is 18.7. The Morgan fingerprint density at radius 1 is 1.39 bits per heavy atom. The first-order chi connectivity index (χ1) is 11.1. The van der Waals surface area contributed by atoms with Gasteiger partial charge in [0.15, 0.2) is 0 Å². The van der Waals surface area contributed by atoms with E-state index >= 15 is 0 Å². The maximum absolute atomic E-state index is 13.8. The number of carbonyl (C=O) groups is 1. The monoisotopic (exact) mass is 318 g/mol. The lowest BCUT2D eigenvalue weighted by atomic mass is 10.0. The fourth-order valence-corrected chi connectivity index (χ4v) is 2.16. The van der Waals surface area contributed by atoms with Crippen molar-refractivity contribution in [3.63, 3.8) is 0 Å². The molecule has 0 spiro atoms. The zero-order valence-corrected chi connectivity index (χ0v) is 12.8. The van der Waals surface area contributed by atoms with Gasteiger partial charge >= 0.3 is 0 Å². The molecule has 2 rings (SSSR count). The molecule has 5 nitrogen and oxygen atoms in total. The lowest BCUT2D eigenvalue weighted by Gasteiger charge is -2.15. The molecule has 1 heterocycles. The Morgan fingerprint density at radius 2 is 2.22 bits per heavy atom. The number of methoxy groups -OCH3 is 1. The van der Waals surface area contributed by atoms with Crippen LogP contribution in [0.4, 0.5) is 4.39 Å². The Kier molecular flexibility index (Phi) is 6.05. The molecule has 0 saturated heterocycles. The summed E-state index contributed by atoms with van der Waals surface area (Å²) in [6.45, 7) is 0.138. The van der Waals surface area contributed by atoms with E-state index in [0.717, 1.165) is 11.8 Å². The number of carbonyl (C=O) groups excluding carboxylic acids is 1. The van der Waals surface area contributed by atoms with Gasteiger partial charge in [-0.3, -0.25) is 9.78 Å². The van der Waals surface area contributed by atoms with Crippen LogP contribution in [0.3, 0.4) is 0 Å². The van der Waals surface area contributed by atoms with Gasteiger partial charge in [0.05, 0.1) is 12.7 Å². The van der Waals surface area contributed by atoms with Gasteiger partial charge in [-0.2, -0.15) is 0 Å². The molecule has 0 aliphatic carbocycles. The molecule has 0 fully saturated rings. The molecule has 1 aromatic heterocycles. The van der Waals surface area contributed by atoms with Gasteiger partial charge in [0.1, 0.15) is 11.6 Å². The molecule has 0 bridgehead atoms. The Hall–Kier alpha value is -2.47. The van der Waals surface area contributed by atoms with Crippen LogP contribution < -0.4 is 10.1 Å². The first kappa shape index (κ1) is 16.9. The molecule has 1 unspecified atom stereocenters. The molecule has 1 atom stereocenters. The highest BCUT2D eigenvalue weighted by Gasteiger charge is 2.15. The highest BCUT2D eigenvalue weighted by Crippen LogP contribution is 2.16. The van der Waals surface area contributed by atoms with Crippen LogP contribution in [0.5, 0.6) is 5.75 Å². The SMILES string of the molecule is COc1ccc(C(=O)NCC(CO)Cc2ccccn2)c(F)c1. The minimum atomic E-state index is -0.646. The van der Waals surface area contributed by atoms with Gasteiger partial charge in [0.25, 0.3) is 5.91 Å². The number of aromatic nitrogens is 1. The zero-order chi connectivity index (χ0) is 16.7. The third kappa shape index (κ3) is 4.75. The highest BCUT2D eigenvalue weighted by atomic mass is 19.1. The van der Waals surface area contributed by atoms with Crippen LogP contribution in [-0.4, -0.2) is 36.3 Å². The van der Waals surface area contributed by atoms with Crippen LogP contribution in [0.15, 0.2) is 42.6 Å². The second kappa shape index (κ2) is 8.24. The standard InChI is InChI=1S/C17H19FN2O3/c1-23-14-5-6-15(16(18)9-14)17(22)20-10-12(11-21)8-13-4-2-3-7-19-13/h2-7,9,12,21H,8,10-11H2,1H3,(H,20,22). The number of nitrogens with zero attached hydrogens (tertiary/aromatic N) is 1. The fraction of sp³-hybridized carbons (Fsp3) is 0.294. The van der Waals surface area contributed by atoms with E-state index in [1.807, 2.05) is 18.2 Å². The van der Waals surface area contributed by atoms with Crippen LogP contribution in [0.2, 0.25) is 0 Å². The van der Waals surface area contributed by atoms with Crippen molar-refractivity contribution in [3.8, 4) is 5.75 Å². The van der Waals surface area contributed by atoms with Gasteiger partial charge in [0, 0.05) is 37.0 Å². The predicted octanol–water partition coefficient (Wildman–Crippen LogP) is 1.81. The van der Waals surface area contributed by atoms with Crippen LogP contribution in [0.1, 0.15) is 16.1 Å². The molecule has 0 aliphatic heterocycles. The number of hydrogen-bond donors (Lipinski definition) is 2. The summed E-state index contributed by atoms with van der Waals surface area (Å²) in [6.07, 6.45) is 2.21. The summed E-state index contributed by atoms with van der Waals surface area (Å²) in [5, 5.41) is 12.1. The Balaban J connectivity index is 1.94. The molecule has 122 valence electrons. The minimum absolute atomic E-state index is 0.0553. The van der Waals surface area contributed by atoms with E-state index in [-0.39, 0.29) is 24.6 Å². The first-order valence-electron chi connectivity index (χ1n) is 7.26. The molecule has 1 amide bonds. The number of amides is 1. The maximum Gasteiger partial charge on any atom is 0.254 e. The highest BCUT2D eigenvalue weighted by molar-refractivity contribution is 5.94.